The van der Waals surface area contributed by atoms with E-state index in [1.807, 2.05) is 0 Å². The smallest absolute Gasteiger partial charge is 0.408 e. The van der Waals surface area contributed by atoms with Crippen LogP contribution in [0.25, 0.3) is 5.65 Å². The third-order valence-electron chi connectivity index (χ3n) is 2.84. The molecule has 0 spiro atoms. The largest absolute Gasteiger partial charge is 0.444 e. The fourth-order valence-electron chi connectivity index (χ4n) is 1.76. The van der Waals surface area contributed by atoms with Gasteiger partial charge < -0.3 is 14.8 Å². The Kier molecular flexibility index (Phi) is 3.67. The van der Waals surface area contributed by atoms with Crippen molar-refractivity contribution in [2.75, 3.05) is 0 Å². The molecule has 1 unspecified atom stereocenters. The zero-order valence-corrected chi connectivity index (χ0v) is 12.5. The highest BCUT2D eigenvalue weighted by Gasteiger charge is 2.31. The number of carbonyl (C=O) groups excluding carboxylic acids is 2. The fourth-order valence-corrected chi connectivity index (χ4v) is 1.76. The average molecular weight is 290 g/mol. The third kappa shape index (κ3) is 3.36. The van der Waals surface area contributed by atoms with Gasteiger partial charge in [0.15, 0.2) is 5.65 Å². The molecule has 0 bridgehead atoms. The molecule has 0 aliphatic heterocycles. The molecule has 7 nitrogen and oxygen atoms in total. The molecule has 2 aromatic rings. The van der Waals surface area contributed by atoms with Crippen molar-refractivity contribution in [3.8, 4) is 0 Å². The lowest BCUT2D eigenvalue weighted by Gasteiger charge is -2.27. The second-order valence-electron chi connectivity index (χ2n) is 5.92. The van der Waals surface area contributed by atoms with Crippen LogP contribution in [0.2, 0.25) is 0 Å². The van der Waals surface area contributed by atoms with Gasteiger partial charge in [0, 0.05) is 24.0 Å². The summed E-state index contributed by atoms with van der Waals surface area (Å²) in [4.78, 5) is 27.5. The van der Waals surface area contributed by atoms with Gasteiger partial charge in [0.25, 0.3) is 0 Å². The number of ether oxygens (including phenoxy) is 1. The zero-order chi connectivity index (χ0) is 15.7. The van der Waals surface area contributed by atoms with Gasteiger partial charge in [-0.05, 0) is 27.7 Å². The molecule has 0 saturated heterocycles. The van der Waals surface area contributed by atoms with Gasteiger partial charge in [-0.3, -0.25) is 0 Å². The predicted molar refractivity (Wildman–Crippen MR) is 75.8 cm³/mol. The van der Waals surface area contributed by atoms with Crippen molar-refractivity contribution in [2.24, 2.45) is 0 Å². The first-order valence-electron chi connectivity index (χ1n) is 6.51. The van der Waals surface area contributed by atoms with Gasteiger partial charge in [-0.2, -0.15) is 5.10 Å². The molecule has 2 aromatic heterocycles. The maximum atomic E-state index is 11.9. The van der Waals surface area contributed by atoms with E-state index in [4.69, 9.17) is 4.74 Å². The van der Waals surface area contributed by atoms with Gasteiger partial charge >= 0.3 is 6.09 Å². The highest BCUT2D eigenvalue weighted by molar-refractivity contribution is 5.77. The number of alkyl carbamates (subject to hydrolysis) is 1. The number of nitrogens with one attached hydrogen (secondary N) is 1. The summed E-state index contributed by atoms with van der Waals surface area (Å²) < 4.78 is 6.71. The number of nitrogens with zero attached hydrogens (tertiary/aromatic N) is 3. The summed E-state index contributed by atoms with van der Waals surface area (Å²) in [6.45, 7) is 6.84. The summed E-state index contributed by atoms with van der Waals surface area (Å²) >= 11 is 0. The summed E-state index contributed by atoms with van der Waals surface area (Å²) in [5.74, 6) is 0. The van der Waals surface area contributed by atoms with Gasteiger partial charge in [0.05, 0.1) is 6.20 Å². The Hall–Kier alpha value is -2.44. The molecule has 1 atom stereocenters. The van der Waals surface area contributed by atoms with Crippen molar-refractivity contribution < 1.29 is 14.3 Å². The second kappa shape index (κ2) is 5.16. The molecule has 21 heavy (non-hydrogen) atoms. The standard InChI is InChI=1S/C14H18N4O3/c1-13(2,3)21-12(20)17-14(4,9-19)10-7-15-11-5-6-16-18(11)8-10/h5-9H,1-4H3,(H,17,20). The highest BCUT2D eigenvalue weighted by Crippen LogP contribution is 2.19. The monoisotopic (exact) mass is 290 g/mol. The van der Waals surface area contributed by atoms with Crippen LogP contribution in [0.1, 0.15) is 33.3 Å². The fraction of sp³-hybridized carbons (Fsp3) is 0.429. The Balaban J connectivity index is 2.27. The minimum absolute atomic E-state index is 0.513. The van der Waals surface area contributed by atoms with Gasteiger partial charge in [-0.1, -0.05) is 0 Å². The first-order valence-corrected chi connectivity index (χ1v) is 6.51. The van der Waals surface area contributed by atoms with Crippen molar-refractivity contribution in [1.82, 2.24) is 19.9 Å². The van der Waals surface area contributed by atoms with Crippen molar-refractivity contribution in [2.45, 2.75) is 38.8 Å². The maximum absolute atomic E-state index is 11.9. The average Bonchev–Trinajstić information content (AvgIpc) is 2.83. The van der Waals surface area contributed by atoms with Crippen LogP contribution in [0.5, 0.6) is 0 Å². The number of rotatable bonds is 3. The number of aldehydes is 1. The van der Waals surface area contributed by atoms with E-state index in [1.165, 1.54) is 10.7 Å². The third-order valence-corrected chi connectivity index (χ3v) is 2.84. The molecule has 1 amide bonds. The van der Waals surface area contributed by atoms with E-state index in [0.29, 0.717) is 17.5 Å². The Morgan fingerprint density at radius 2 is 2.10 bits per heavy atom. The molecule has 0 saturated carbocycles. The molecule has 0 fully saturated rings. The Morgan fingerprint density at radius 1 is 1.38 bits per heavy atom. The molecular formula is C14H18N4O3. The van der Waals surface area contributed by atoms with Crippen LogP contribution in [-0.4, -0.2) is 32.6 Å². The predicted octanol–water partition coefficient (Wildman–Crippen LogP) is 1.67. The van der Waals surface area contributed by atoms with Crippen molar-refractivity contribution in [3.63, 3.8) is 0 Å². The highest BCUT2D eigenvalue weighted by atomic mass is 16.6. The van der Waals surface area contributed by atoms with Gasteiger partial charge in [0.1, 0.15) is 17.4 Å². The number of fused-ring (bicyclic) bond motifs is 1. The van der Waals surface area contributed by atoms with E-state index in [9.17, 15) is 9.59 Å². The second-order valence-corrected chi connectivity index (χ2v) is 5.92. The molecular weight excluding hydrogens is 272 g/mol. The molecule has 0 aromatic carbocycles. The Bertz CT molecular complexity index is 674. The molecule has 0 aliphatic rings. The van der Waals surface area contributed by atoms with E-state index < -0.39 is 17.2 Å². The molecule has 0 aliphatic carbocycles. The van der Waals surface area contributed by atoms with Crippen LogP contribution in [0, 0.1) is 0 Å². The van der Waals surface area contributed by atoms with Crippen LogP contribution in [0.3, 0.4) is 0 Å². The number of hydrogen-bond acceptors (Lipinski definition) is 5. The first-order chi connectivity index (χ1) is 9.73. The SMILES string of the molecule is CC(C)(C)OC(=O)NC(C)(C=O)c1cnc2ccnn2c1. The molecule has 112 valence electrons. The van der Waals surface area contributed by atoms with E-state index in [-0.39, 0.29) is 0 Å². The van der Waals surface area contributed by atoms with Crippen molar-refractivity contribution in [1.29, 1.82) is 0 Å². The molecule has 7 heteroatoms. The lowest BCUT2D eigenvalue weighted by atomic mass is 9.97. The van der Waals surface area contributed by atoms with E-state index >= 15 is 0 Å². The minimum atomic E-state index is -1.24. The van der Waals surface area contributed by atoms with Gasteiger partial charge in [0.2, 0.25) is 0 Å². The number of hydrogen-bond donors (Lipinski definition) is 1. The van der Waals surface area contributed by atoms with Crippen LogP contribution < -0.4 is 5.32 Å². The summed E-state index contributed by atoms with van der Waals surface area (Å²) in [5, 5.41) is 6.62. The van der Waals surface area contributed by atoms with E-state index in [1.54, 1.807) is 46.2 Å². The summed E-state index contributed by atoms with van der Waals surface area (Å²) in [5.41, 5.74) is -0.711. The molecule has 1 N–H and O–H groups in total. The maximum Gasteiger partial charge on any atom is 0.408 e. The van der Waals surface area contributed by atoms with Gasteiger partial charge in [-0.15, -0.1) is 0 Å². The topological polar surface area (TPSA) is 85.6 Å². The van der Waals surface area contributed by atoms with Gasteiger partial charge in [-0.25, -0.2) is 14.3 Å². The normalized spacial score (nSPS) is 14.5. The number of amides is 1. The zero-order valence-electron chi connectivity index (χ0n) is 12.5. The molecule has 2 heterocycles. The van der Waals surface area contributed by atoms with Crippen molar-refractivity contribution >= 4 is 18.0 Å². The quantitative estimate of drug-likeness (QED) is 0.869. The van der Waals surface area contributed by atoms with E-state index in [0.717, 1.165) is 0 Å². The lowest BCUT2D eigenvalue weighted by molar-refractivity contribution is -0.113. The first kappa shape index (κ1) is 15.0. The molecule has 0 radical (unpaired) electrons. The summed E-state index contributed by atoms with van der Waals surface area (Å²) in [7, 11) is 0. The molecule has 2 rings (SSSR count). The Morgan fingerprint density at radius 3 is 2.71 bits per heavy atom. The Labute approximate surface area is 122 Å². The van der Waals surface area contributed by atoms with Crippen LogP contribution in [0.15, 0.2) is 24.7 Å². The number of aromatic nitrogens is 3. The lowest BCUT2D eigenvalue weighted by Crippen LogP contribution is -2.47. The number of carbonyl (C=O) groups is 2. The van der Waals surface area contributed by atoms with Crippen LogP contribution in [0.4, 0.5) is 4.79 Å². The van der Waals surface area contributed by atoms with Crippen LogP contribution in [-0.2, 0) is 15.1 Å². The van der Waals surface area contributed by atoms with Crippen molar-refractivity contribution in [3.05, 3.63) is 30.2 Å². The minimum Gasteiger partial charge on any atom is -0.444 e. The van der Waals surface area contributed by atoms with Crippen LogP contribution >= 0.6 is 0 Å². The van der Waals surface area contributed by atoms with E-state index in [2.05, 4.69) is 15.4 Å². The summed E-state index contributed by atoms with van der Waals surface area (Å²) in [6.07, 6.45) is 4.75. The summed E-state index contributed by atoms with van der Waals surface area (Å²) in [6, 6.07) is 1.74.